The predicted molar refractivity (Wildman–Crippen MR) is 221 cm³/mol. The van der Waals surface area contributed by atoms with Crippen molar-refractivity contribution in [2.75, 3.05) is 13.1 Å². The molecule has 6 rings (SSSR count). The SMILES string of the molecule is N=C(N)NCCCC1NC(=O)[C@H](N)Cc2ccc(cc2)-c2cccc(c2)-c2cc(-c3ccccc3)ccc2C[C@H](C(=O)N[C@H](CCCNC(=N)N)C(N)=O)NC1=O. The van der Waals surface area contributed by atoms with Gasteiger partial charge >= 0.3 is 0 Å². The summed E-state index contributed by atoms with van der Waals surface area (Å²) in [7, 11) is 0. The minimum absolute atomic E-state index is 0.00431. The molecular formula is C42H51N11O4. The summed E-state index contributed by atoms with van der Waals surface area (Å²) >= 11 is 0. The number of benzene rings is 4. The first kappa shape index (κ1) is 41.4. The summed E-state index contributed by atoms with van der Waals surface area (Å²) in [5, 5.41) is 28.6. The number of hydrogen-bond donors (Lipinski definition) is 11. The van der Waals surface area contributed by atoms with Gasteiger partial charge in [0.1, 0.15) is 18.1 Å². The van der Waals surface area contributed by atoms with Gasteiger partial charge in [-0.3, -0.25) is 30.0 Å². The maximum atomic E-state index is 14.3. The highest BCUT2D eigenvalue weighted by molar-refractivity contribution is 5.95. The molecule has 2 heterocycles. The third-order valence-electron chi connectivity index (χ3n) is 9.79. The lowest BCUT2D eigenvalue weighted by molar-refractivity contribution is -0.133. The van der Waals surface area contributed by atoms with Gasteiger partial charge in [0, 0.05) is 19.5 Å². The second-order valence-electron chi connectivity index (χ2n) is 14.1. The first-order chi connectivity index (χ1) is 27.4. The van der Waals surface area contributed by atoms with Crippen LogP contribution in [0.25, 0.3) is 33.4 Å². The van der Waals surface area contributed by atoms with E-state index in [2.05, 4.69) is 38.7 Å². The number of fused-ring (bicyclic) bond motifs is 10. The molecule has 4 amide bonds. The number of rotatable bonds is 12. The van der Waals surface area contributed by atoms with E-state index in [1.165, 1.54) is 0 Å². The Morgan fingerprint density at radius 1 is 0.702 bits per heavy atom. The van der Waals surface area contributed by atoms with Crippen LogP contribution in [0.1, 0.15) is 36.8 Å². The van der Waals surface area contributed by atoms with E-state index in [4.69, 9.17) is 33.8 Å². The minimum atomic E-state index is -1.23. The summed E-state index contributed by atoms with van der Waals surface area (Å²) < 4.78 is 0. The van der Waals surface area contributed by atoms with Gasteiger partial charge in [-0.05, 0) is 88.7 Å². The Morgan fingerprint density at radius 2 is 1.32 bits per heavy atom. The second-order valence-corrected chi connectivity index (χ2v) is 14.1. The Labute approximate surface area is 331 Å². The summed E-state index contributed by atoms with van der Waals surface area (Å²) in [5.74, 6) is -3.10. The molecule has 0 fully saturated rings. The van der Waals surface area contributed by atoms with Gasteiger partial charge in [0.25, 0.3) is 0 Å². The quantitative estimate of drug-likeness (QED) is 0.0566. The van der Waals surface area contributed by atoms with Gasteiger partial charge in [-0.15, -0.1) is 0 Å². The van der Waals surface area contributed by atoms with Crippen molar-refractivity contribution in [1.29, 1.82) is 10.8 Å². The number of nitrogens with two attached hydrogens (primary N) is 4. The number of primary amides is 1. The maximum absolute atomic E-state index is 14.3. The lowest BCUT2D eigenvalue weighted by Crippen LogP contribution is -2.58. The molecule has 15 N–H and O–H groups in total. The largest absolute Gasteiger partial charge is 0.370 e. The molecule has 4 atom stereocenters. The van der Waals surface area contributed by atoms with E-state index >= 15 is 0 Å². The number of carbonyl (C=O) groups is 4. The van der Waals surface area contributed by atoms with Crippen LogP contribution in [0.2, 0.25) is 0 Å². The topological polar surface area (TPSA) is 280 Å². The van der Waals surface area contributed by atoms with E-state index in [1.54, 1.807) is 0 Å². The van der Waals surface area contributed by atoms with E-state index in [0.29, 0.717) is 12.8 Å². The number of guanidine groups is 2. The molecule has 2 aliphatic rings. The number of amides is 4. The van der Waals surface area contributed by atoms with Crippen LogP contribution in [0.5, 0.6) is 0 Å². The van der Waals surface area contributed by atoms with Gasteiger partial charge in [0.15, 0.2) is 11.9 Å². The number of hydrogen-bond acceptors (Lipinski definition) is 7. The third-order valence-corrected chi connectivity index (χ3v) is 9.79. The Morgan fingerprint density at radius 3 is 2.00 bits per heavy atom. The molecule has 0 saturated carbocycles. The standard InChI is InChI=1S/C42H51N11O4/c43-33-21-25-13-15-27(16-14-25)28-9-4-10-30(22-28)32-23-29(26-7-2-1-3-8-26)17-18-31(32)24-36(40(57)51-34(37(44)54)11-5-19-49-41(45)46)53-39(56)35(52-38(33)55)12-6-20-50-42(47)48/h1-4,7-10,13-18,22-23,33-36H,5-6,11-12,19-21,24,43H2,(H2,44,54)(H,51,57)(H,52,55)(H,53,56)(H4,45,46,49)(H4,47,48,50)/t33-,34-,35?,36-/m1/s1. The van der Waals surface area contributed by atoms with Crippen molar-refractivity contribution in [2.24, 2.45) is 22.9 Å². The normalized spacial score (nSPS) is 17.4. The van der Waals surface area contributed by atoms with Crippen LogP contribution in [-0.4, -0.2) is 72.8 Å². The van der Waals surface area contributed by atoms with E-state index < -0.39 is 47.8 Å². The van der Waals surface area contributed by atoms with Crippen molar-refractivity contribution in [3.63, 3.8) is 0 Å². The van der Waals surface area contributed by atoms with Crippen molar-refractivity contribution in [3.05, 3.63) is 108 Å². The highest BCUT2D eigenvalue weighted by atomic mass is 16.2. The molecule has 298 valence electrons. The first-order valence-electron chi connectivity index (χ1n) is 18.9. The van der Waals surface area contributed by atoms with Crippen LogP contribution < -0.4 is 49.5 Å². The van der Waals surface area contributed by atoms with Gasteiger partial charge in [0.2, 0.25) is 23.6 Å². The lowest BCUT2D eigenvalue weighted by atomic mass is 9.89. The molecular weight excluding hydrogens is 723 g/mol. The molecule has 0 aliphatic carbocycles. The van der Waals surface area contributed by atoms with Crippen LogP contribution in [0.4, 0.5) is 0 Å². The number of carbonyl (C=O) groups excluding carboxylic acids is 4. The van der Waals surface area contributed by atoms with Gasteiger partial charge < -0.3 is 49.5 Å². The Balaban J connectivity index is 1.59. The van der Waals surface area contributed by atoms with Gasteiger partial charge in [-0.1, -0.05) is 84.9 Å². The molecule has 0 aromatic heterocycles. The summed E-state index contributed by atoms with van der Waals surface area (Å²) in [6.45, 7) is 0.531. The van der Waals surface area contributed by atoms with Crippen LogP contribution in [0, 0.1) is 10.8 Å². The molecule has 2 aliphatic heterocycles. The zero-order chi connectivity index (χ0) is 40.9. The van der Waals surface area contributed by atoms with Gasteiger partial charge in [-0.25, -0.2) is 0 Å². The lowest BCUT2D eigenvalue weighted by Gasteiger charge is -2.26. The van der Waals surface area contributed by atoms with Crippen molar-refractivity contribution in [3.8, 4) is 33.4 Å². The molecule has 4 aromatic carbocycles. The van der Waals surface area contributed by atoms with Crippen LogP contribution in [0.3, 0.4) is 0 Å². The van der Waals surface area contributed by atoms with Crippen LogP contribution in [0.15, 0.2) is 97.1 Å². The number of nitrogens with one attached hydrogen (secondary N) is 7. The predicted octanol–water partition coefficient (Wildman–Crippen LogP) is 1.58. The second kappa shape index (κ2) is 19.7. The fourth-order valence-corrected chi connectivity index (χ4v) is 6.74. The minimum Gasteiger partial charge on any atom is -0.370 e. The molecule has 15 nitrogen and oxygen atoms in total. The summed E-state index contributed by atoms with van der Waals surface area (Å²) in [5.41, 5.74) is 30.1. The van der Waals surface area contributed by atoms with Crippen LogP contribution in [-0.2, 0) is 32.0 Å². The molecule has 15 heteroatoms. The Kier molecular flexibility index (Phi) is 14.3. The van der Waals surface area contributed by atoms with Gasteiger partial charge in [0.05, 0.1) is 6.04 Å². The monoisotopic (exact) mass is 773 g/mol. The highest BCUT2D eigenvalue weighted by Gasteiger charge is 2.31. The van der Waals surface area contributed by atoms with E-state index in [0.717, 1.165) is 44.5 Å². The van der Waals surface area contributed by atoms with Crippen molar-refractivity contribution < 1.29 is 19.2 Å². The molecule has 0 spiro atoms. The summed E-state index contributed by atoms with van der Waals surface area (Å²) in [4.78, 5) is 54.6. The fourth-order valence-electron chi connectivity index (χ4n) is 6.74. The van der Waals surface area contributed by atoms with Crippen molar-refractivity contribution >= 4 is 35.5 Å². The average molecular weight is 774 g/mol. The molecule has 57 heavy (non-hydrogen) atoms. The Hall–Kier alpha value is -6.74. The third kappa shape index (κ3) is 11.9. The van der Waals surface area contributed by atoms with E-state index in [1.807, 2.05) is 84.9 Å². The van der Waals surface area contributed by atoms with Crippen molar-refractivity contribution in [1.82, 2.24) is 26.6 Å². The summed E-state index contributed by atoms with van der Waals surface area (Å²) in [6, 6.07) is 27.3. The zero-order valence-electron chi connectivity index (χ0n) is 31.6. The van der Waals surface area contributed by atoms with Crippen molar-refractivity contribution in [2.45, 2.75) is 62.7 Å². The molecule has 1 unspecified atom stereocenters. The zero-order valence-corrected chi connectivity index (χ0v) is 31.6. The average Bonchev–Trinajstić information content (AvgIpc) is 3.19. The van der Waals surface area contributed by atoms with Crippen LogP contribution >= 0.6 is 0 Å². The Bertz CT molecular complexity index is 2070. The fraction of sp³-hybridized carbons (Fsp3) is 0.286. The molecule has 0 radical (unpaired) electrons. The van der Waals surface area contributed by atoms with E-state index in [-0.39, 0.29) is 50.7 Å². The van der Waals surface area contributed by atoms with E-state index in [9.17, 15) is 19.2 Å². The smallest absolute Gasteiger partial charge is 0.243 e. The maximum Gasteiger partial charge on any atom is 0.243 e. The molecule has 4 aromatic rings. The first-order valence-corrected chi connectivity index (χ1v) is 18.9. The molecule has 0 saturated heterocycles. The van der Waals surface area contributed by atoms with Gasteiger partial charge in [-0.2, -0.15) is 0 Å². The highest BCUT2D eigenvalue weighted by Crippen LogP contribution is 2.33. The molecule has 4 bridgehead atoms. The summed E-state index contributed by atoms with van der Waals surface area (Å²) in [6.07, 6.45) is 1.19.